The number of rotatable bonds is 11. The molecular formula is C20H32O6P+. The number of ketones is 1. The smallest absolute Gasteiger partial charge is 0.496 e. The van der Waals surface area contributed by atoms with Crippen LogP contribution in [0.15, 0.2) is 18.2 Å². The average Bonchev–Trinajstić information content (AvgIpc) is 2.58. The summed E-state index contributed by atoms with van der Waals surface area (Å²) in [5.41, 5.74) is 0.396. The Morgan fingerprint density at radius 2 is 1.70 bits per heavy atom. The third-order valence-electron chi connectivity index (χ3n) is 3.99. The van der Waals surface area contributed by atoms with E-state index >= 15 is 0 Å². The molecule has 152 valence electrons. The van der Waals surface area contributed by atoms with Crippen LogP contribution in [0.4, 0.5) is 0 Å². The predicted octanol–water partition coefficient (Wildman–Crippen LogP) is 5.43. The lowest BCUT2D eigenvalue weighted by atomic mass is 9.82. The minimum Gasteiger partial charge on any atom is -0.496 e. The van der Waals surface area contributed by atoms with Gasteiger partial charge in [0.05, 0.1) is 14.2 Å². The molecule has 1 aromatic carbocycles. The summed E-state index contributed by atoms with van der Waals surface area (Å²) >= 11 is 0. The van der Waals surface area contributed by atoms with Crippen molar-refractivity contribution < 1.29 is 27.9 Å². The number of benzene rings is 1. The minimum absolute atomic E-state index is 0.108. The molecule has 0 aliphatic rings. The topological polar surface area (TPSA) is 71.1 Å². The van der Waals surface area contributed by atoms with Crippen molar-refractivity contribution >= 4 is 14.0 Å². The van der Waals surface area contributed by atoms with E-state index in [0.717, 1.165) is 6.42 Å². The summed E-state index contributed by atoms with van der Waals surface area (Å²) < 4.78 is 33.3. The van der Waals surface area contributed by atoms with E-state index in [0.29, 0.717) is 17.9 Å². The Bertz CT molecular complexity index is 616. The second-order valence-corrected chi connectivity index (χ2v) is 8.66. The van der Waals surface area contributed by atoms with Crippen LogP contribution in [0.25, 0.3) is 0 Å². The highest BCUT2D eigenvalue weighted by atomic mass is 31.1. The lowest BCUT2D eigenvalue weighted by molar-refractivity contribution is 0.0702. The molecule has 1 aromatic rings. The first kappa shape index (κ1) is 23.5. The number of methoxy groups -OCH3 is 2. The summed E-state index contributed by atoms with van der Waals surface area (Å²) in [7, 11) is 0.594. The van der Waals surface area contributed by atoms with E-state index in [4.69, 9.17) is 18.5 Å². The van der Waals surface area contributed by atoms with Gasteiger partial charge < -0.3 is 9.47 Å². The van der Waals surface area contributed by atoms with Crippen molar-refractivity contribution in [3.8, 4) is 11.5 Å². The maximum absolute atomic E-state index is 13.3. The summed E-state index contributed by atoms with van der Waals surface area (Å²) in [6, 6.07) is 5.12. The zero-order valence-corrected chi connectivity index (χ0v) is 18.3. The third kappa shape index (κ3) is 7.57. The normalized spacial score (nSPS) is 14.4. The van der Waals surface area contributed by atoms with Crippen molar-refractivity contribution in [2.24, 2.45) is 11.3 Å². The Morgan fingerprint density at radius 3 is 2.15 bits per heavy atom. The van der Waals surface area contributed by atoms with Gasteiger partial charge in [0.2, 0.25) is 5.78 Å². The molecule has 0 saturated carbocycles. The molecule has 0 aliphatic carbocycles. The zero-order chi connectivity index (χ0) is 20.6. The van der Waals surface area contributed by atoms with Crippen molar-refractivity contribution in [2.45, 2.75) is 53.6 Å². The molecule has 0 saturated heterocycles. The lowest BCUT2D eigenvalue weighted by Crippen LogP contribution is -2.27. The number of Topliss-reactive ketones (excluding diaryl/α,β-unsaturated/α-hetero) is 1. The van der Waals surface area contributed by atoms with Gasteiger partial charge in [0.15, 0.2) is 6.10 Å². The highest BCUT2D eigenvalue weighted by molar-refractivity contribution is 7.33. The molecule has 27 heavy (non-hydrogen) atoms. The van der Waals surface area contributed by atoms with Gasteiger partial charge in [-0.05, 0) is 43.2 Å². The van der Waals surface area contributed by atoms with Gasteiger partial charge in [-0.1, -0.05) is 33.8 Å². The van der Waals surface area contributed by atoms with Crippen LogP contribution in [0.1, 0.15) is 57.8 Å². The molecule has 7 heteroatoms. The molecule has 0 amide bonds. The molecule has 0 heterocycles. The number of carbonyl (C=O) groups is 1. The van der Waals surface area contributed by atoms with E-state index in [2.05, 4.69) is 27.7 Å². The van der Waals surface area contributed by atoms with Gasteiger partial charge in [-0.15, -0.1) is 9.05 Å². The number of hydrogen-bond donors (Lipinski definition) is 0. The third-order valence-corrected chi connectivity index (χ3v) is 4.89. The van der Waals surface area contributed by atoms with E-state index < -0.39 is 14.4 Å². The summed E-state index contributed by atoms with van der Waals surface area (Å²) in [6.07, 6.45) is 0.405. The fourth-order valence-electron chi connectivity index (χ4n) is 3.19. The molecule has 0 bridgehead atoms. The molecule has 0 aromatic heterocycles. The van der Waals surface area contributed by atoms with Crippen LogP contribution < -0.4 is 9.47 Å². The quantitative estimate of drug-likeness (QED) is 0.365. The Labute approximate surface area is 163 Å². The van der Waals surface area contributed by atoms with Crippen molar-refractivity contribution in [1.82, 2.24) is 0 Å². The average molecular weight is 399 g/mol. The van der Waals surface area contributed by atoms with Gasteiger partial charge in [0, 0.05) is 4.57 Å². The second-order valence-electron chi connectivity index (χ2n) is 7.74. The molecule has 0 radical (unpaired) electrons. The minimum atomic E-state index is -2.39. The van der Waals surface area contributed by atoms with Crippen LogP contribution in [0.3, 0.4) is 0 Å². The van der Waals surface area contributed by atoms with Crippen LogP contribution in [0, 0.1) is 11.3 Å². The first-order valence-corrected chi connectivity index (χ1v) is 10.2. The maximum Gasteiger partial charge on any atom is 0.698 e. The van der Waals surface area contributed by atoms with Crippen LogP contribution in [-0.4, -0.2) is 32.7 Å². The standard InChI is InChI=1S/C20H32O6P/c1-8-25-27(22)26-17(12-14(2)13-20(3,4)5)19(21)18-15(23-6)10-9-11-16(18)24-7/h9-11,14,17H,8,12-13H2,1-7H3/q+1. The van der Waals surface area contributed by atoms with Crippen molar-refractivity contribution in [3.63, 3.8) is 0 Å². The molecule has 1 rings (SSSR count). The first-order chi connectivity index (χ1) is 12.6. The summed E-state index contributed by atoms with van der Waals surface area (Å²) in [6.45, 7) is 10.5. The van der Waals surface area contributed by atoms with Crippen molar-refractivity contribution in [3.05, 3.63) is 23.8 Å². The summed E-state index contributed by atoms with van der Waals surface area (Å²) in [5.74, 6) is 0.643. The monoisotopic (exact) mass is 399 g/mol. The predicted molar refractivity (Wildman–Crippen MR) is 106 cm³/mol. The van der Waals surface area contributed by atoms with E-state index in [9.17, 15) is 9.36 Å². The molecule has 6 nitrogen and oxygen atoms in total. The van der Waals surface area contributed by atoms with Gasteiger partial charge in [-0.2, -0.15) is 0 Å². The maximum atomic E-state index is 13.3. The number of hydrogen-bond acceptors (Lipinski definition) is 6. The van der Waals surface area contributed by atoms with Crippen molar-refractivity contribution in [1.29, 1.82) is 0 Å². The Hall–Kier alpha value is -1.49. The molecule has 3 atom stereocenters. The van der Waals surface area contributed by atoms with Gasteiger partial charge in [0.1, 0.15) is 23.7 Å². The van der Waals surface area contributed by atoms with Gasteiger partial charge in [0.25, 0.3) is 0 Å². The second kappa shape index (κ2) is 10.7. The first-order valence-electron chi connectivity index (χ1n) is 9.15. The molecule has 3 unspecified atom stereocenters. The fourth-order valence-corrected chi connectivity index (χ4v) is 3.85. The molecule has 0 spiro atoms. The SMILES string of the molecule is CCO[P+](=O)OC(CC(C)CC(C)(C)C)C(=O)c1c(OC)cccc1OC. The number of carbonyl (C=O) groups excluding carboxylic acids is 1. The molecule has 0 aliphatic heterocycles. The summed E-state index contributed by atoms with van der Waals surface area (Å²) in [4.78, 5) is 13.3. The van der Waals surface area contributed by atoms with E-state index in [1.54, 1.807) is 25.1 Å². The largest absolute Gasteiger partial charge is 0.698 e. The van der Waals surface area contributed by atoms with Gasteiger partial charge in [-0.3, -0.25) is 4.79 Å². The van der Waals surface area contributed by atoms with Gasteiger partial charge in [-0.25, -0.2) is 0 Å². The molecule has 0 N–H and O–H groups in total. The van der Waals surface area contributed by atoms with Crippen LogP contribution in [0.2, 0.25) is 0 Å². The highest BCUT2D eigenvalue weighted by Crippen LogP contribution is 2.36. The van der Waals surface area contributed by atoms with Gasteiger partial charge >= 0.3 is 8.25 Å². The van der Waals surface area contributed by atoms with E-state index in [-0.39, 0.29) is 29.3 Å². The number of ether oxygens (including phenoxy) is 2. The molecular weight excluding hydrogens is 367 g/mol. The Morgan fingerprint density at radius 1 is 1.15 bits per heavy atom. The van der Waals surface area contributed by atoms with Crippen LogP contribution in [0.5, 0.6) is 11.5 Å². The lowest BCUT2D eigenvalue weighted by Gasteiger charge is -2.24. The summed E-state index contributed by atoms with van der Waals surface area (Å²) in [5, 5.41) is 0. The Balaban J connectivity index is 3.18. The van der Waals surface area contributed by atoms with Crippen LogP contribution >= 0.6 is 8.25 Å². The zero-order valence-electron chi connectivity index (χ0n) is 17.4. The highest BCUT2D eigenvalue weighted by Gasteiger charge is 2.37. The van der Waals surface area contributed by atoms with Crippen LogP contribution in [-0.2, 0) is 13.6 Å². The van der Waals surface area contributed by atoms with E-state index in [1.807, 2.05) is 0 Å². The van der Waals surface area contributed by atoms with E-state index in [1.165, 1.54) is 14.2 Å². The molecule has 0 fully saturated rings. The fraction of sp³-hybridized carbons (Fsp3) is 0.650. The Kier molecular flexibility index (Phi) is 9.37. The van der Waals surface area contributed by atoms with Crippen molar-refractivity contribution in [2.75, 3.05) is 20.8 Å².